The molecule has 1 aromatic heterocycles. The molecule has 2 aliphatic rings. The average Bonchev–Trinajstić information content (AvgIpc) is 3.84. The predicted molar refractivity (Wildman–Crippen MR) is 209 cm³/mol. The number of aromatic nitrogens is 1. The van der Waals surface area contributed by atoms with E-state index in [4.69, 9.17) is 0 Å². The molecule has 8 aromatic carbocycles. The first kappa shape index (κ1) is 27.9. The van der Waals surface area contributed by atoms with Crippen LogP contribution in [0, 0.1) is 0 Å². The molecule has 2 nitrogen and oxygen atoms in total. The topological polar surface area (TPSA) is 22.0 Å². The SMILES string of the molecule is O=P(c1ccccc1)(c1ccccc1)c1cccc(-n2c3ccccc3c3c4ccccc4c4c(c32)-c2cccc3c2[C@@H]4c2ccccc2-3)c1. The average molecular weight is 656 g/mol. The fraction of sp³-hybridized carbons (Fsp3) is 0.0213. The zero-order chi connectivity index (χ0) is 33.0. The van der Waals surface area contributed by atoms with E-state index in [-0.39, 0.29) is 5.92 Å². The van der Waals surface area contributed by atoms with Crippen molar-refractivity contribution in [3.05, 3.63) is 193 Å². The van der Waals surface area contributed by atoms with Crippen LogP contribution in [0.3, 0.4) is 0 Å². The highest BCUT2D eigenvalue weighted by Gasteiger charge is 2.42. The number of hydrogen-bond donors (Lipinski definition) is 0. The van der Waals surface area contributed by atoms with Crippen LogP contribution in [0.5, 0.6) is 0 Å². The highest BCUT2D eigenvalue weighted by atomic mass is 31.2. The molecule has 0 aliphatic heterocycles. The largest absolute Gasteiger partial charge is 0.309 e. The van der Waals surface area contributed by atoms with Gasteiger partial charge in [-0.3, -0.25) is 0 Å². The van der Waals surface area contributed by atoms with E-state index in [2.05, 4.69) is 114 Å². The highest BCUT2D eigenvalue weighted by Crippen LogP contribution is 2.61. The van der Waals surface area contributed by atoms with Crippen molar-refractivity contribution in [1.29, 1.82) is 0 Å². The second-order valence-corrected chi connectivity index (χ2v) is 16.3. The summed E-state index contributed by atoms with van der Waals surface area (Å²) >= 11 is 0. The molecule has 0 fully saturated rings. The number of benzene rings is 8. The van der Waals surface area contributed by atoms with Gasteiger partial charge in [0.25, 0.3) is 0 Å². The van der Waals surface area contributed by atoms with Crippen LogP contribution in [-0.2, 0) is 4.57 Å². The van der Waals surface area contributed by atoms with E-state index >= 15 is 4.57 Å². The van der Waals surface area contributed by atoms with E-state index in [1.54, 1.807) is 0 Å². The molecule has 0 radical (unpaired) electrons. The minimum absolute atomic E-state index is 0.177. The zero-order valence-corrected chi connectivity index (χ0v) is 28.0. The van der Waals surface area contributed by atoms with E-state index in [0.29, 0.717) is 0 Å². The molecule has 1 heterocycles. The lowest BCUT2D eigenvalue weighted by atomic mass is 9.87. The Kier molecular flexibility index (Phi) is 5.75. The fourth-order valence-corrected chi connectivity index (χ4v) is 11.8. The minimum Gasteiger partial charge on any atom is -0.309 e. The summed E-state index contributed by atoms with van der Waals surface area (Å²) in [5.74, 6) is 0.177. The Bertz CT molecular complexity index is 2860. The van der Waals surface area contributed by atoms with Gasteiger partial charge in [0.05, 0.1) is 11.0 Å². The van der Waals surface area contributed by atoms with Crippen molar-refractivity contribution in [3.63, 3.8) is 0 Å². The third-order valence-corrected chi connectivity index (χ3v) is 14.1. The first-order valence-electron chi connectivity index (χ1n) is 17.3. The molecule has 50 heavy (non-hydrogen) atoms. The highest BCUT2D eigenvalue weighted by molar-refractivity contribution is 7.85. The molecule has 2 aliphatic carbocycles. The van der Waals surface area contributed by atoms with Gasteiger partial charge in [0.2, 0.25) is 0 Å². The fourth-order valence-electron chi connectivity index (χ4n) is 9.12. The first-order chi connectivity index (χ1) is 24.7. The summed E-state index contributed by atoms with van der Waals surface area (Å²) in [6.45, 7) is 0. The number of fused-ring (bicyclic) bond motifs is 13. The van der Waals surface area contributed by atoms with Gasteiger partial charge in [-0.05, 0) is 62.4 Å². The molecule has 0 saturated heterocycles. The molecular weight excluding hydrogens is 625 g/mol. The normalized spacial score (nSPS) is 14.3. The molecule has 1 atom stereocenters. The van der Waals surface area contributed by atoms with E-state index < -0.39 is 7.14 Å². The molecule has 234 valence electrons. The lowest BCUT2D eigenvalue weighted by Crippen LogP contribution is -2.25. The van der Waals surface area contributed by atoms with Crippen LogP contribution in [0.2, 0.25) is 0 Å². The van der Waals surface area contributed by atoms with E-state index in [0.717, 1.165) is 27.1 Å². The molecule has 0 amide bonds. The summed E-state index contributed by atoms with van der Waals surface area (Å²) < 4.78 is 18.0. The van der Waals surface area contributed by atoms with Crippen LogP contribution in [0.15, 0.2) is 176 Å². The lowest BCUT2D eigenvalue weighted by molar-refractivity contribution is 0.592. The Hall–Kier alpha value is -5.95. The maximum atomic E-state index is 15.6. The van der Waals surface area contributed by atoms with Crippen LogP contribution in [-0.4, -0.2) is 4.57 Å². The van der Waals surface area contributed by atoms with Crippen molar-refractivity contribution in [3.8, 4) is 27.9 Å². The van der Waals surface area contributed by atoms with Crippen LogP contribution >= 0.6 is 7.14 Å². The number of nitrogens with zero attached hydrogens (tertiary/aromatic N) is 1. The van der Waals surface area contributed by atoms with Crippen molar-refractivity contribution in [1.82, 2.24) is 4.57 Å². The van der Waals surface area contributed by atoms with E-state index in [9.17, 15) is 0 Å². The molecule has 9 aromatic rings. The molecular formula is C47H30NOP. The second kappa shape index (κ2) is 10.3. The minimum atomic E-state index is -3.19. The lowest BCUT2D eigenvalue weighted by Gasteiger charge is -2.21. The Morgan fingerprint density at radius 3 is 1.82 bits per heavy atom. The van der Waals surface area contributed by atoms with Crippen LogP contribution in [0.1, 0.15) is 22.6 Å². The molecule has 0 saturated carbocycles. The Morgan fingerprint density at radius 2 is 1.04 bits per heavy atom. The van der Waals surface area contributed by atoms with Crippen LogP contribution < -0.4 is 15.9 Å². The number of rotatable bonds is 4. The standard InChI is InChI=1S/C47H30NOP/c49-50(31-16-3-1-4-17-31,32-18-5-2-6-19-32)33-20-13-15-30(29-33)48-41-28-12-11-25-39(41)43-37-23-9-10-24-38(37)45-44-36-22-8-7-21-34(36)35-26-14-27-40(42(35)44)46(45)47(43)48/h1-29,44H/t44-/m0/s1. The summed E-state index contributed by atoms with van der Waals surface area (Å²) in [6, 6.07) is 62.0. The molecule has 11 rings (SSSR count). The smallest absolute Gasteiger partial charge is 0.171 e. The van der Waals surface area contributed by atoms with Crippen molar-refractivity contribution in [2.75, 3.05) is 0 Å². The quantitative estimate of drug-likeness (QED) is 0.173. The van der Waals surface area contributed by atoms with Gasteiger partial charge in [-0.2, -0.15) is 0 Å². The van der Waals surface area contributed by atoms with Gasteiger partial charge >= 0.3 is 0 Å². The third kappa shape index (κ3) is 3.56. The summed E-state index contributed by atoms with van der Waals surface area (Å²) in [7, 11) is -3.19. The zero-order valence-electron chi connectivity index (χ0n) is 27.1. The van der Waals surface area contributed by atoms with E-state index in [1.807, 2.05) is 66.7 Å². The Balaban J connectivity index is 1.28. The van der Waals surface area contributed by atoms with Crippen molar-refractivity contribution in [2.24, 2.45) is 0 Å². The molecule has 0 N–H and O–H groups in total. The maximum absolute atomic E-state index is 15.6. The molecule has 0 spiro atoms. The molecule has 0 unspecified atom stereocenters. The van der Waals surface area contributed by atoms with Gasteiger partial charge in [0.15, 0.2) is 7.14 Å². The summed E-state index contributed by atoms with van der Waals surface area (Å²) in [4.78, 5) is 0. The summed E-state index contributed by atoms with van der Waals surface area (Å²) in [6.07, 6.45) is 0. The third-order valence-electron chi connectivity index (χ3n) is 11.1. The van der Waals surface area contributed by atoms with E-state index in [1.165, 1.54) is 66.0 Å². The van der Waals surface area contributed by atoms with Gasteiger partial charge in [-0.25, -0.2) is 0 Å². The molecule has 0 bridgehead atoms. The van der Waals surface area contributed by atoms with Crippen LogP contribution in [0.4, 0.5) is 0 Å². The predicted octanol–water partition coefficient (Wildman–Crippen LogP) is 10.7. The molecule has 3 heteroatoms. The summed E-state index contributed by atoms with van der Waals surface area (Å²) in [5, 5.41) is 7.57. The Labute approximate surface area is 290 Å². The van der Waals surface area contributed by atoms with Gasteiger partial charge in [0, 0.05) is 43.9 Å². The van der Waals surface area contributed by atoms with Crippen molar-refractivity contribution >= 4 is 55.6 Å². The monoisotopic (exact) mass is 655 g/mol. The number of para-hydroxylation sites is 1. The van der Waals surface area contributed by atoms with Gasteiger partial charge in [-0.15, -0.1) is 0 Å². The van der Waals surface area contributed by atoms with Crippen LogP contribution in [0.25, 0.3) is 60.5 Å². The maximum Gasteiger partial charge on any atom is 0.171 e. The van der Waals surface area contributed by atoms with Gasteiger partial charge < -0.3 is 9.13 Å². The van der Waals surface area contributed by atoms with Gasteiger partial charge in [0.1, 0.15) is 0 Å². The van der Waals surface area contributed by atoms with Gasteiger partial charge in [-0.1, -0.05) is 158 Å². The Morgan fingerprint density at radius 1 is 0.460 bits per heavy atom. The summed E-state index contributed by atoms with van der Waals surface area (Å²) in [5.41, 5.74) is 12.9. The number of hydrogen-bond acceptors (Lipinski definition) is 1. The van der Waals surface area contributed by atoms with Crippen molar-refractivity contribution in [2.45, 2.75) is 5.92 Å². The van der Waals surface area contributed by atoms with Crippen molar-refractivity contribution < 1.29 is 4.57 Å². The first-order valence-corrected chi connectivity index (χ1v) is 19.0. The second-order valence-electron chi connectivity index (χ2n) is 13.5.